The molecule has 1 aliphatic heterocycles. The topological polar surface area (TPSA) is 50.4 Å². The molecule has 0 saturated carbocycles. The van der Waals surface area contributed by atoms with Gasteiger partial charge in [-0.2, -0.15) is 0 Å². The summed E-state index contributed by atoms with van der Waals surface area (Å²) in [4.78, 5) is 11.0. The maximum atomic E-state index is 11.0. The van der Waals surface area contributed by atoms with Gasteiger partial charge in [0.15, 0.2) is 0 Å². The minimum absolute atomic E-state index is 0.0928. The highest BCUT2D eigenvalue weighted by atomic mass is 16.5. The largest absolute Gasteiger partial charge is 0.450 e. The van der Waals surface area contributed by atoms with E-state index in [0.29, 0.717) is 12.5 Å². The average Bonchev–Trinajstić information content (AvgIpc) is 2.09. The molecule has 1 fully saturated rings. The van der Waals surface area contributed by atoms with Crippen molar-refractivity contribution in [2.75, 3.05) is 13.2 Å². The predicted molar refractivity (Wildman–Crippen MR) is 50.3 cm³/mol. The van der Waals surface area contributed by atoms with Gasteiger partial charge in [-0.25, -0.2) is 4.79 Å². The molecule has 0 aromatic rings. The molecule has 0 unspecified atom stereocenters. The van der Waals surface area contributed by atoms with Crippen molar-refractivity contribution in [3.63, 3.8) is 0 Å². The monoisotopic (exact) mass is 186 g/mol. The number of amides is 1. The Labute approximate surface area is 79.0 Å². The van der Waals surface area contributed by atoms with E-state index in [9.17, 15) is 4.79 Å². The number of rotatable bonds is 2. The summed E-state index contributed by atoms with van der Waals surface area (Å²) in [6.07, 6.45) is 1.91. The number of carbonyl (C=O) groups is 1. The van der Waals surface area contributed by atoms with E-state index in [2.05, 4.69) is 17.6 Å². The standard InChI is InChI=1S/C9H18N2O2/c1-3-13-9(12)11-8-5-4-7(2)6-10-8/h7-8,10H,3-6H2,1-2H3,(H,11,12)/t7-,8-/m1/s1. The first-order chi connectivity index (χ1) is 6.22. The van der Waals surface area contributed by atoms with Crippen molar-refractivity contribution in [2.24, 2.45) is 5.92 Å². The molecule has 2 N–H and O–H groups in total. The second-order valence-electron chi connectivity index (χ2n) is 3.51. The van der Waals surface area contributed by atoms with Crippen LogP contribution in [-0.2, 0) is 4.74 Å². The first kappa shape index (κ1) is 10.3. The van der Waals surface area contributed by atoms with Crippen LogP contribution < -0.4 is 10.6 Å². The molecule has 0 radical (unpaired) electrons. The fourth-order valence-electron chi connectivity index (χ4n) is 1.44. The molecule has 0 bridgehead atoms. The van der Waals surface area contributed by atoms with Crippen LogP contribution in [0.1, 0.15) is 26.7 Å². The summed E-state index contributed by atoms with van der Waals surface area (Å²) in [6.45, 7) is 5.40. The van der Waals surface area contributed by atoms with E-state index in [0.717, 1.165) is 19.4 Å². The Hall–Kier alpha value is -0.770. The molecule has 1 aliphatic rings. The zero-order chi connectivity index (χ0) is 9.68. The fraction of sp³-hybridized carbons (Fsp3) is 0.889. The number of nitrogens with one attached hydrogen (secondary N) is 2. The van der Waals surface area contributed by atoms with Gasteiger partial charge < -0.3 is 10.1 Å². The molecule has 0 spiro atoms. The number of hydrogen-bond acceptors (Lipinski definition) is 3. The molecule has 76 valence electrons. The van der Waals surface area contributed by atoms with Crippen LogP contribution in [-0.4, -0.2) is 25.4 Å². The Morgan fingerprint density at radius 2 is 2.38 bits per heavy atom. The lowest BCUT2D eigenvalue weighted by Crippen LogP contribution is -2.49. The minimum Gasteiger partial charge on any atom is -0.450 e. The van der Waals surface area contributed by atoms with Crippen LogP contribution >= 0.6 is 0 Å². The van der Waals surface area contributed by atoms with E-state index in [1.165, 1.54) is 0 Å². The number of ether oxygens (including phenoxy) is 1. The molecule has 1 saturated heterocycles. The van der Waals surface area contributed by atoms with Gasteiger partial charge in [0.1, 0.15) is 0 Å². The molecule has 1 rings (SSSR count). The number of carbonyl (C=O) groups excluding carboxylic acids is 1. The summed E-state index contributed by atoms with van der Waals surface area (Å²) in [7, 11) is 0. The Kier molecular flexibility index (Phi) is 4.02. The normalized spacial score (nSPS) is 28.2. The van der Waals surface area contributed by atoms with E-state index >= 15 is 0 Å². The summed E-state index contributed by atoms with van der Waals surface area (Å²) in [5.74, 6) is 0.709. The molecule has 13 heavy (non-hydrogen) atoms. The molecule has 4 heteroatoms. The summed E-state index contributed by atoms with van der Waals surface area (Å²) in [6, 6.07) is 0. The van der Waals surface area contributed by atoms with Crippen molar-refractivity contribution in [1.82, 2.24) is 10.6 Å². The molecular weight excluding hydrogens is 168 g/mol. The molecule has 0 aromatic heterocycles. The van der Waals surface area contributed by atoms with Crippen LogP contribution in [0.2, 0.25) is 0 Å². The van der Waals surface area contributed by atoms with E-state index in [1.54, 1.807) is 6.92 Å². The highest BCUT2D eigenvalue weighted by Crippen LogP contribution is 2.11. The van der Waals surface area contributed by atoms with Crippen molar-refractivity contribution >= 4 is 6.09 Å². The van der Waals surface area contributed by atoms with Crippen molar-refractivity contribution in [1.29, 1.82) is 0 Å². The lowest BCUT2D eigenvalue weighted by molar-refractivity contribution is 0.141. The van der Waals surface area contributed by atoms with Crippen LogP contribution in [0.15, 0.2) is 0 Å². The van der Waals surface area contributed by atoms with Gasteiger partial charge in [0, 0.05) is 0 Å². The SMILES string of the molecule is CCOC(=O)N[C@@H]1CC[C@@H](C)CN1. The first-order valence-electron chi connectivity index (χ1n) is 4.89. The van der Waals surface area contributed by atoms with Crippen LogP contribution in [0.4, 0.5) is 4.79 Å². The third-order valence-corrected chi connectivity index (χ3v) is 2.23. The van der Waals surface area contributed by atoms with Crippen LogP contribution in [0.3, 0.4) is 0 Å². The third kappa shape index (κ3) is 3.63. The molecule has 0 aromatic carbocycles. The van der Waals surface area contributed by atoms with Crippen LogP contribution in [0.25, 0.3) is 0 Å². The van der Waals surface area contributed by atoms with E-state index in [4.69, 9.17) is 4.74 Å². The first-order valence-corrected chi connectivity index (χ1v) is 4.89. The van der Waals surface area contributed by atoms with E-state index in [-0.39, 0.29) is 12.3 Å². The Balaban J connectivity index is 2.18. The Morgan fingerprint density at radius 3 is 2.92 bits per heavy atom. The van der Waals surface area contributed by atoms with Gasteiger partial charge in [-0.3, -0.25) is 5.32 Å². The van der Waals surface area contributed by atoms with Crippen molar-refractivity contribution in [3.05, 3.63) is 0 Å². The van der Waals surface area contributed by atoms with Crippen molar-refractivity contribution in [2.45, 2.75) is 32.9 Å². The number of piperidine rings is 1. The fourth-order valence-corrected chi connectivity index (χ4v) is 1.44. The lowest BCUT2D eigenvalue weighted by atomic mass is 10.0. The van der Waals surface area contributed by atoms with Gasteiger partial charge in [-0.05, 0) is 32.2 Å². The minimum atomic E-state index is -0.324. The Bertz CT molecular complexity index is 165. The highest BCUT2D eigenvalue weighted by Gasteiger charge is 2.18. The smallest absolute Gasteiger partial charge is 0.408 e. The van der Waals surface area contributed by atoms with Gasteiger partial charge >= 0.3 is 6.09 Å². The molecule has 0 aliphatic carbocycles. The van der Waals surface area contributed by atoms with Gasteiger partial charge in [0.2, 0.25) is 0 Å². The third-order valence-electron chi connectivity index (χ3n) is 2.23. The Morgan fingerprint density at radius 1 is 1.62 bits per heavy atom. The number of hydrogen-bond donors (Lipinski definition) is 2. The van der Waals surface area contributed by atoms with Crippen molar-refractivity contribution in [3.8, 4) is 0 Å². The van der Waals surface area contributed by atoms with Gasteiger partial charge in [0.25, 0.3) is 0 Å². The highest BCUT2D eigenvalue weighted by molar-refractivity contribution is 5.67. The summed E-state index contributed by atoms with van der Waals surface area (Å²) in [5, 5.41) is 6.01. The van der Waals surface area contributed by atoms with Crippen LogP contribution in [0, 0.1) is 5.92 Å². The average molecular weight is 186 g/mol. The predicted octanol–water partition coefficient (Wildman–Crippen LogP) is 1.08. The second kappa shape index (κ2) is 5.07. The quantitative estimate of drug-likeness (QED) is 0.678. The molecule has 4 nitrogen and oxygen atoms in total. The lowest BCUT2D eigenvalue weighted by Gasteiger charge is -2.27. The summed E-state index contributed by atoms with van der Waals surface area (Å²) < 4.78 is 4.78. The van der Waals surface area contributed by atoms with Crippen molar-refractivity contribution < 1.29 is 9.53 Å². The molecule has 1 heterocycles. The van der Waals surface area contributed by atoms with Crippen LogP contribution in [0.5, 0.6) is 0 Å². The maximum absolute atomic E-state index is 11.0. The zero-order valence-corrected chi connectivity index (χ0v) is 8.30. The zero-order valence-electron chi connectivity index (χ0n) is 8.30. The molecular formula is C9H18N2O2. The van der Waals surface area contributed by atoms with Gasteiger partial charge in [-0.1, -0.05) is 6.92 Å². The van der Waals surface area contributed by atoms with E-state index in [1.807, 2.05) is 0 Å². The summed E-state index contributed by atoms with van der Waals surface area (Å²) >= 11 is 0. The molecule has 2 atom stereocenters. The second-order valence-corrected chi connectivity index (χ2v) is 3.51. The van der Waals surface area contributed by atoms with E-state index < -0.39 is 0 Å². The van der Waals surface area contributed by atoms with Gasteiger partial charge in [-0.15, -0.1) is 0 Å². The summed E-state index contributed by atoms with van der Waals surface area (Å²) in [5.41, 5.74) is 0. The maximum Gasteiger partial charge on any atom is 0.408 e. The van der Waals surface area contributed by atoms with Gasteiger partial charge in [0.05, 0.1) is 12.8 Å². The number of alkyl carbamates (subject to hydrolysis) is 1. The molecule has 1 amide bonds.